The van der Waals surface area contributed by atoms with Gasteiger partial charge in [-0.05, 0) is 97.0 Å². The third-order valence-electron chi connectivity index (χ3n) is 11.8. The van der Waals surface area contributed by atoms with Crippen molar-refractivity contribution >= 4 is 52.5 Å². The number of hydrogen-bond donors (Lipinski definition) is 3. The zero-order chi connectivity index (χ0) is 41.3. The number of halogens is 5. The SMILES string of the molecule is COc1ccc(C23C(=O)N(Nc4ccc(Cl)cc4Cl)C(=O)C2CC2C(=CCC4C(=O)N(CCc5ccc(O)cc5)C(=O)C42)C3c2cc(OC(F)(F)F)ccc2O)cc1. The topological polar surface area (TPSA) is 146 Å². The lowest BCUT2D eigenvalue weighted by atomic mass is 9.49. The second-order valence-electron chi connectivity index (χ2n) is 14.7. The number of allylic oxidation sites excluding steroid dienone is 2. The van der Waals surface area contributed by atoms with E-state index < -0.39 is 76.5 Å². The number of nitrogens with zero attached hydrogens (tertiary/aromatic N) is 2. The molecule has 0 spiro atoms. The average Bonchev–Trinajstić information content (AvgIpc) is 3.56. The summed E-state index contributed by atoms with van der Waals surface area (Å²) in [5.41, 5.74) is 2.34. The number of fused-ring (bicyclic) bond motifs is 4. The molecule has 3 N–H and O–H groups in total. The number of hydrogen-bond acceptors (Lipinski definition) is 9. The van der Waals surface area contributed by atoms with Gasteiger partial charge in [0.2, 0.25) is 11.8 Å². The zero-order valence-corrected chi connectivity index (χ0v) is 32.0. The molecule has 300 valence electrons. The Hall–Kier alpha value is -5.73. The molecular weight excluding hydrogens is 802 g/mol. The van der Waals surface area contributed by atoms with Crippen LogP contribution in [0.5, 0.6) is 23.0 Å². The number of benzene rings is 4. The Balaban J connectivity index is 1.30. The number of ether oxygens (including phenoxy) is 2. The molecule has 3 fully saturated rings. The minimum Gasteiger partial charge on any atom is -0.508 e. The molecule has 8 rings (SSSR count). The molecule has 11 nitrogen and oxygen atoms in total. The molecule has 1 saturated carbocycles. The average molecular weight is 837 g/mol. The third-order valence-corrected chi connectivity index (χ3v) is 12.3. The maximum Gasteiger partial charge on any atom is 0.573 e. The van der Waals surface area contributed by atoms with Crippen LogP contribution >= 0.6 is 23.2 Å². The van der Waals surface area contributed by atoms with Gasteiger partial charge in [-0.2, -0.15) is 5.01 Å². The number of carbonyl (C=O) groups excluding carboxylic acids is 4. The predicted octanol–water partition coefficient (Wildman–Crippen LogP) is 7.54. The smallest absolute Gasteiger partial charge is 0.508 e. The van der Waals surface area contributed by atoms with Crippen molar-refractivity contribution in [3.05, 3.63) is 123 Å². The van der Waals surface area contributed by atoms with Gasteiger partial charge in [-0.3, -0.25) is 29.5 Å². The van der Waals surface area contributed by atoms with Gasteiger partial charge in [0.15, 0.2) is 0 Å². The molecule has 0 radical (unpaired) electrons. The number of anilines is 1. The first kappa shape index (κ1) is 39.1. The Bertz CT molecular complexity index is 2370. The zero-order valence-electron chi connectivity index (χ0n) is 30.5. The first-order valence-corrected chi connectivity index (χ1v) is 19.0. The number of alkyl halides is 3. The van der Waals surface area contributed by atoms with E-state index in [1.165, 1.54) is 42.3 Å². The summed E-state index contributed by atoms with van der Waals surface area (Å²) in [6, 6.07) is 20.0. The van der Waals surface area contributed by atoms with Crippen molar-refractivity contribution < 1.29 is 52.0 Å². The van der Waals surface area contributed by atoms with Crippen LogP contribution in [0, 0.1) is 23.7 Å². The first-order chi connectivity index (χ1) is 27.6. The summed E-state index contributed by atoms with van der Waals surface area (Å²) >= 11 is 12.6. The number of nitrogens with one attached hydrogen (secondary N) is 1. The molecule has 0 bridgehead atoms. The molecule has 6 unspecified atom stereocenters. The van der Waals surface area contributed by atoms with Crippen molar-refractivity contribution in [2.75, 3.05) is 19.1 Å². The summed E-state index contributed by atoms with van der Waals surface area (Å²) < 4.78 is 50.7. The predicted molar refractivity (Wildman–Crippen MR) is 204 cm³/mol. The summed E-state index contributed by atoms with van der Waals surface area (Å²) in [5, 5.41) is 22.5. The van der Waals surface area contributed by atoms with Crippen molar-refractivity contribution in [3.63, 3.8) is 0 Å². The Morgan fingerprint density at radius 2 is 1.57 bits per heavy atom. The molecule has 2 aliphatic carbocycles. The first-order valence-electron chi connectivity index (χ1n) is 18.3. The lowest BCUT2D eigenvalue weighted by Gasteiger charge is -2.50. The van der Waals surface area contributed by atoms with E-state index in [4.69, 9.17) is 27.9 Å². The van der Waals surface area contributed by atoms with Crippen LogP contribution in [-0.4, -0.2) is 63.8 Å². The van der Waals surface area contributed by atoms with Gasteiger partial charge >= 0.3 is 6.36 Å². The van der Waals surface area contributed by atoms with Crippen molar-refractivity contribution in [2.24, 2.45) is 23.7 Å². The highest BCUT2D eigenvalue weighted by Gasteiger charge is 2.70. The van der Waals surface area contributed by atoms with Crippen LogP contribution in [0.1, 0.15) is 35.4 Å². The quantitative estimate of drug-likeness (QED) is 0.115. The molecule has 2 aliphatic heterocycles. The van der Waals surface area contributed by atoms with Crippen LogP contribution in [0.25, 0.3) is 0 Å². The Morgan fingerprint density at radius 1 is 0.862 bits per heavy atom. The molecule has 4 amide bonds. The van der Waals surface area contributed by atoms with Gasteiger partial charge in [0, 0.05) is 23.0 Å². The molecular formula is C42H34Cl2F3N3O8. The van der Waals surface area contributed by atoms with E-state index in [2.05, 4.69) is 10.2 Å². The van der Waals surface area contributed by atoms with E-state index in [1.807, 2.05) is 0 Å². The van der Waals surface area contributed by atoms with Crippen LogP contribution in [-0.2, 0) is 31.0 Å². The monoisotopic (exact) mass is 835 g/mol. The number of rotatable bonds is 9. The fraction of sp³-hybridized carbons (Fsp3) is 0.286. The Morgan fingerprint density at radius 3 is 2.24 bits per heavy atom. The van der Waals surface area contributed by atoms with E-state index in [0.29, 0.717) is 17.7 Å². The highest BCUT2D eigenvalue weighted by molar-refractivity contribution is 6.36. The van der Waals surface area contributed by atoms with Crippen LogP contribution < -0.4 is 14.9 Å². The number of imide groups is 2. The number of amides is 4. The summed E-state index contributed by atoms with van der Waals surface area (Å²) in [7, 11) is 1.44. The minimum absolute atomic E-state index is 0.0364. The van der Waals surface area contributed by atoms with Crippen molar-refractivity contribution in [2.45, 2.75) is 37.0 Å². The van der Waals surface area contributed by atoms with E-state index in [1.54, 1.807) is 42.5 Å². The van der Waals surface area contributed by atoms with E-state index in [-0.39, 0.29) is 52.0 Å². The number of hydrazine groups is 1. The largest absolute Gasteiger partial charge is 0.573 e. The van der Waals surface area contributed by atoms with Gasteiger partial charge in [0.25, 0.3) is 11.8 Å². The molecule has 4 aromatic carbocycles. The number of methoxy groups -OCH3 is 1. The summed E-state index contributed by atoms with van der Waals surface area (Å²) in [6.07, 6.45) is -3.17. The summed E-state index contributed by atoms with van der Waals surface area (Å²) in [4.78, 5) is 60.0. The number of aromatic hydroxyl groups is 2. The second-order valence-corrected chi connectivity index (χ2v) is 15.6. The Kier molecular flexibility index (Phi) is 9.83. The van der Waals surface area contributed by atoms with Crippen LogP contribution in [0.15, 0.2) is 96.6 Å². The molecule has 2 saturated heterocycles. The molecule has 6 atom stereocenters. The maximum absolute atomic E-state index is 15.4. The van der Waals surface area contributed by atoms with Gasteiger partial charge in [-0.25, -0.2) is 0 Å². The van der Waals surface area contributed by atoms with Gasteiger partial charge < -0.3 is 19.7 Å². The molecule has 58 heavy (non-hydrogen) atoms. The van der Waals surface area contributed by atoms with Gasteiger partial charge in [0.05, 0.1) is 41.0 Å². The lowest BCUT2D eigenvalue weighted by Crippen LogP contribution is -2.53. The molecule has 4 aromatic rings. The number of likely N-dealkylation sites (tertiary alicyclic amines) is 1. The van der Waals surface area contributed by atoms with Gasteiger partial charge in [-0.1, -0.05) is 59.1 Å². The van der Waals surface area contributed by atoms with E-state index in [0.717, 1.165) is 28.8 Å². The summed E-state index contributed by atoms with van der Waals surface area (Å²) in [5.74, 6) is -8.48. The fourth-order valence-corrected chi connectivity index (χ4v) is 9.79. The van der Waals surface area contributed by atoms with Gasteiger partial charge in [0.1, 0.15) is 23.0 Å². The van der Waals surface area contributed by atoms with E-state index >= 15 is 4.79 Å². The summed E-state index contributed by atoms with van der Waals surface area (Å²) in [6.45, 7) is 0.0364. The molecule has 0 aromatic heterocycles. The highest BCUT2D eigenvalue weighted by atomic mass is 35.5. The normalized spacial score (nSPS) is 25.3. The number of carbonyl (C=O) groups is 4. The van der Waals surface area contributed by atoms with Crippen molar-refractivity contribution in [3.8, 4) is 23.0 Å². The maximum atomic E-state index is 15.4. The van der Waals surface area contributed by atoms with E-state index in [9.17, 15) is 37.8 Å². The molecule has 16 heteroatoms. The minimum atomic E-state index is -5.12. The lowest BCUT2D eigenvalue weighted by molar-refractivity contribution is -0.274. The van der Waals surface area contributed by atoms with Crippen LogP contribution in [0.4, 0.5) is 18.9 Å². The second kappa shape index (κ2) is 14.6. The fourth-order valence-electron chi connectivity index (χ4n) is 9.34. The molecule has 4 aliphatic rings. The van der Waals surface area contributed by atoms with Crippen LogP contribution in [0.3, 0.4) is 0 Å². The Labute approximate surface area is 339 Å². The standard InChI is InChI=1S/C42H34Cl2F3N3O8/c1-57-25-9-4-22(5-10-25)41-31(38(54)50(40(41)56)48-33-14-6-23(43)18-32(33)44)20-29-27(36(41)30-19-26(11-15-34(30)52)58-42(45,46)47)12-13-28-35(29)39(55)49(37(28)53)17-16-21-2-7-24(51)8-3-21/h2-12,14-15,18-19,28-29,31,35-36,48,51-52H,13,16-17,20H2,1H3. The highest BCUT2D eigenvalue weighted by Crippen LogP contribution is 2.65. The molecule has 2 heterocycles. The number of phenols is 2. The van der Waals surface area contributed by atoms with Crippen molar-refractivity contribution in [1.29, 1.82) is 0 Å². The number of phenolic OH excluding ortho intramolecular Hbond substituents is 2. The van der Waals surface area contributed by atoms with Crippen molar-refractivity contribution in [1.82, 2.24) is 9.91 Å². The van der Waals surface area contributed by atoms with Crippen LogP contribution in [0.2, 0.25) is 10.0 Å². The van der Waals surface area contributed by atoms with Gasteiger partial charge in [-0.15, -0.1) is 13.2 Å². The third kappa shape index (κ3) is 6.48.